The average Bonchev–Trinajstić information content (AvgIpc) is 2.86. The van der Waals surface area contributed by atoms with Gasteiger partial charge in [-0.2, -0.15) is 4.98 Å². The second-order valence-electron chi connectivity index (χ2n) is 9.37. The maximum Gasteiger partial charge on any atom is 0.229 e. The van der Waals surface area contributed by atoms with Crippen molar-refractivity contribution < 1.29 is 13.2 Å². The van der Waals surface area contributed by atoms with Gasteiger partial charge in [-0.25, -0.2) is 13.4 Å². The molecular formula is C29H31N5O3S. The Morgan fingerprint density at radius 1 is 0.789 bits per heavy atom. The van der Waals surface area contributed by atoms with Crippen LogP contribution >= 0.6 is 0 Å². The lowest BCUT2D eigenvalue weighted by molar-refractivity contribution is -0.115. The number of carbonyl (C=O) groups excluding carboxylic acids is 1. The molecule has 0 saturated heterocycles. The minimum atomic E-state index is -3.34. The van der Waals surface area contributed by atoms with Gasteiger partial charge < -0.3 is 16.0 Å². The van der Waals surface area contributed by atoms with Gasteiger partial charge in [-0.05, 0) is 81.8 Å². The highest BCUT2D eigenvalue weighted by molar-refractivity contribution is 7.92. The number of hydrogen-bond donors (Lipinski definition) is 3. The fraction of sp³-hybridized carbons (Fsp3) is 0.207. The van der Waals surface area contributed by atoms with Crippen molar-refractivity contribution in [3.05, 3.63) is 95.7 Å². The molecule has 9 heteroatoms. The van der Waals surface area contributed by atoms with Crippen LogP contribution in [0.25, 0.3) is 0 Å². The number of nitrogens with zero attached hydrogens (tertiary/aromatic N) is 2. The molecule has 8 nitrogen and oxygen atoms in total. The molecule has 38 heavy (non-hydrogen) atoms. The van der Waals surface area contributed by atoms with Crippen molar-refractivity contribution in [3.8, 4) is 0 Å². The summed E-state index contributed by atoms with van der Waals surface area (Å²) in [5, 5.41) is 8.87. The van der Waals surface area contributed by atoms with Crippen LogP contribution in [0.5, 0.6) is 0 Å². The first kappa shape index (κ1) is 26.8. The van der Waals surface area contributed by atoms with E-state index in [9.17, 15) is 13.2 Å². The zero-order chi connectivity index (χ0) is 27.3. The molecule has 0 atom stereocenters. The third-order valence-electron chi connectivity index (χ3n) is 5.84. The van der Waals surface area contributed by atoms with Gasteiger partial charge in [-0.1, -0.05) is 29.8 Å². The molecule has 0 aliphatic rings. The van der Waals surface area contributed by atoms with E-state index in [4.69, 9.17) is 0 Å². The molecule has 4 rings (SSSR count). The molecular weight excluding hydrogens is 498 g/mol. The number of carbonyl (C=O) groups is 1. The predicted octanol–water partition coefficient (Wildman–Crippen LogP) is 5.94. The highest BCUT2D eigenvalue weighted by atomic mass is 32.2. The molecule has 1 aromatic heterocycles. The second kappa shape index (κ2) is 11.4. The molecule has 0 saturated carbocycles. The Kier molecular flexibility index (Phi) is 8.07. The zero-order valence-corrected chi connectivity index (χ0v) is 22.6. The standard InChI is InChI=1S/C29H31N5O3S/c1-19(2)38(36,37)26-15-7-22(8-16-26)18-28(35)32-24-11-13-25(14-12-24)33-29-30-21(4)17-27(34-29)31-23-9-5-20(3)6-10-23/h5-17,19H,18H2,1-4H3,(H,32,35)(H2,30,31,33,34). The fourth-order valence-corrected chi connectivity index (χ4v) is 4.76. The van der Waals surface area contributed by atoms with Crippen molar-refractivity contribution in [1.29, 1.82) is 0 Å². The first-order valence-electron chi connectivity index (χ1n) is 12.3. The van der Waals surface area contributed by atoms with Gasteiger partial charge in [0.15, 0.2) is 9.84 Å². The Balaban J connectivity index is 1.35. The molecule has 3 aromatic carbocycles. The van der Waals surface area contributed by atoms with Crippen LogP contribution in [0.15, 0.2) is 83.8 Å². The SMILES string of the molecule is Cc1ccc(Nc2cc(C)nc(Nc3ccc(NC(=O)Cc4ccc(S(=O)(=O)C(C)C)cc4)cc3)n2)cc1. The lowest BCUT2D eigenvalue weighted by Gasteiger charge is -2.11. The normalized spacial score (nSPS) is 11.3. The van der Waals surface area contributed by atoms with Crippen LogP contribution in [-0.4, -0.2) is 29.5 Å². The van der Waals surface area contributed by atoms with Crippen LogP contribution in [0.3, 0.4) is 0 Å². The number of rotatable bonds is 9. The van der Waals surface area contributed by atoms with Crippen LogP contribution in [0, 0.1) is 13.8 Å². The molecule has 0 aliphatic carbocycles. The van der Waals surface area contributed by atoms with Crippen molar-refractivity contribution in [2.24, 2.45) is 0 Å². The Morgan fingerprint density at radius 3 is 2.00 bits per heavy atom. The Hall–Kier alpha value is -4.24. The van der Waals surface area contributed by atoms with Crippen LogP contribution < -0.4 is 16.0 Å². The Labute approximate surface area is 223 Å². The molecule has 3 N–H and O–H groups in total. The highest BCUT2D eigenvalue weighted by Gasteiger charge is 2.19. The predicted molar refractivity (Wildman–Crippen MR) is 152 cm³/mol. The highest BCUT2D eigenvalue weighted by Crippen LogP contribution is 2.21. The minimum Gasteiger partial charge on any atom is -0.340 e. The molecule has 1 amide bonds. The number of nitrogens with one attached hydrogen (secondary N) is 3. The van der Waals surface area contributed by atoms with E-state index in [2.05, 4.69) is 25.9 Å². The molecule has 4 aromatic rings. The third-order valence-corrected chi connectivity index (χ3v) is 8.01. The average molecular weight is 530 g/mol. The van der Waals surface area contributed by atoms with Crippen molar-refractivity contribution in [2.45, 2.75) is 44.3 Å². The number of benzene rings is 3. The van der Waals surface area contributed by atoms with E-state index >= 15 is 0 Å². The monoisotopic (exact) mass is 529 g/mol. The van der Waals surface area contributed by atoms with Gasteiger partial charge in [0.05, 0.1) is 16.6 Å². The van der Waals surface area contributed by atoms with Crippen LogP contribution in [0.4, 0.5) is 28.8 Å². The molecule has 0 radical (unpaired) electrons. The number of anilines is 5. The summed E-state index contributed by atoms with van der Waals surface area (Å²) in [5.41, 5.74) is 5.09. The van der Waals surface area contributed by atoms with Crippen molar-refractivity contribution >= 4 is 44.6 Å². The van der Waals surface area contributed by atoms with Crippen molar-refractivity contribution in [1.82, 2.24) is 9.97 Å². The number of aryl methyl sites for hydroxylation is 2. The van der Waals surface area contributed by atoms with Gasteiger partial charge in [0.25, 0.3) is 0 Å². The summed E-state index contributed by atoms with van der Waals surface area (Å²) in [6, 6.07) is 23.6. The summed E-state index contributed by atoms with van der Waals surface area (Å²) in [5.74, 6) is 0.945. The van der Waals surface area contributed by atoms with Gasteiger partial charge >= 0.3 is 0 Å². The number of sulfone groups is 1. The lowest BCUT2D eigenvalue weighted by Crippen LogP contribution is -2.15. The first-order valence-corrected chi connectivity index (χ1v) is 13.8. The topological polar surface area (TPSA) is 113 Å². The Bertz CT molecular complexity index is 1520. The smallest absolute Gasteiger partial charge is 0.229 e. The van der Waals surface area contributed by atoms with Crippen molar-refractivity contribution in [2.75, 3.05) is 16.0 Å². The quantitative estimate of drug-likeness (QED) is 0.246. The summed E-state index contributed by atoms with van der Waals surface area (Å²) in [4.78, 5) is 21.8. The van der Waals surface area contributed by atoms with Gasteiger partial charge in [-0.3, -0.25) is 4.79 Å². The molecule has 196 valence electrons. The van der Waals surface area contributed by atoms with E-state index < -0.39 is 15.1 Å². The fourth-order valence-electron chi connectivity index (χ4n) is 3.70. The minimum absolute atomic E-state index is 0.135. The summed E-state index contributed by atoms with van der Waals surface area (Å²) >= 11 is 0. The largest absolute Gasteiger partial charge is 0.340 e. The van der Waals surface area contributed by atoms with Gasteiger partial charge in [0, 0.05) is 28.8 Å². The van der Waals surface area contributed by atoms with Crippen molar-refractivity contribution in [3.63, 3.8) is 0 Å². The molecule has 0 aliphatic heterocycles. The van der Waals surface area contributed by atoms with Gasteiger partial charge in [-0.15, -0.1) is 0 Å². The van der Waals surface area contributed by atoms with Gasteiger partial charge in [0.1, 0.15) is 5.82 Å². The van der Waals surface area contributed by atoms with Gasteiger partial charge in [0.2, 0.25) is 11.9 Å². The molecule has 0 fully saturated rings. The summed E-state index contributed by atoms with van der Waals surface area (Å²) in [6.07, 6.45) is 0.135. The summed E-state index contributed by atoms with van der Waals surface area (Å²) in [7, 11) is -3.34. The lowest BCUT2D eigenvalue weighted by atomic mass is 10.1. The van der Waals surface area contributed by atoms with E-state index in [1.165, 1.54) is 5.56 Å². The molecule has 0 unspecified atom stereocenters. The maximum absolute atomic E-state index is 12.5. The van der Waals surface area contributed by atoms with E-state index in [-0.39, 0.29) is 17.2 Å². The molecule has 0 bridgehead atoms. The van der Waals surface area contributed by atoms with E-state index in [0.29, 0.717) is 17.5 Å². The first-order chi connectivity index (χ1) is 18.1. The number of aromatic nitrogens is 2. The molecule has 1 heterocycles. The Morgan fingerprint density at radius 2 is 1.37 bits per heavy atom. The van der Waals surface area contributed by atoms with E-state index in [1.54, 1.807) is 50.2 Å². The number of amides is 1. The second-order valence-corrected chi connectivity index (χ2v) is 11.9. The van der Waals surface area contributed by atoms with Crippen LogP contribution in [-0.2, 0) is 21.1 Å². The van der Waals surface area contributed by atoms with Crippen LogP contribution in [0.1, 0.15) is 30.7 Å². The molecule has 0 spiro atoms. The zero-order valence-electron chi connectivity index (χ0n) is 21.8. The van der Waals surface area contributed by atoms with Crippen LogP contribution in [0.2, 0.25) is 0 Å². The maximum atomic E-state index is 12.5. The summed E-state index contributed by atoms with van der Waals surface area (Å²) in [6.45, 7) is 7.24. The van der Waals surface area contributed by atoms with E-state index in [1.807, 2.05) is 56.3 Å². The number of hydrogen-bond acceptors (Lipinski definition) is 7. The summed E-state index contributed by atoms with van der Waals surface area (Å²) < 4.78 is 24.5. The third kappa shape index (κ3) is 6.95. The van der Waals surface area contributed by atoms with E-state index in [0.717, 1.165) is 22.6 Å².